The highest BCUT2D eigenvalue weighted by atomic mass is 16.3. The fraction of sp³-hybridized carbons (Fsp3) is 0.278. The van der Waals surface area contributed by atoms with E-state index in [4.69, 9.17) is 0 Å². The molecule has 0 fully saturated rings. The van der Waals surface area contributed by atoms with Crippen LogP contribution in [0.4, 0.5) is 0 Å². The van der Waals surface area contributed by atoms with Crippen LogP contribution in [0.15, 0.2) is 60.7 Å². The van der Waals surface area contributed by atoms with Crippen LogP contribution in [0, 0.1) is 5.92 Å². The number of benzene rings is 2. The third kappa shape index (κ3) is 2.66. The van der Waals surface area contributed by atoms with Crippen molar-refractivity contribution in [3.05, 3.63) is 71.8 Å². The molecule has 0 radical (unpaired) electrons. The predicted molar refractivity (Wildman–Crippen MR) is 80.6 cm³/mol. The smallest absolute Gasteiger partial charge is 0.168 e. The molecule has 0 heterocycles. The minimum Gasteiger partial charge on any atom is -0.384 e. The Labute approximate surface area is 120 Å². The first-order chi connectivity index (χ1) is 9.59. The van der Waals surface area contributed by atoms with Gasteiger partial charge in [-0.15, -0.1) is 0 Å². The molecule has 0 aliphatic rings. The molecule has 0 aliphatic heterocycles. The van der Waals surface area contributed by atoms with Crippen molar-refractivity contribution < 1.29 is 9.90 Å². The van der Waals surface area contributed by atoms with Gasteiger partial charge < -0.3 is 5.11 Å². The number of ketones is 1. The van der Waals surface area contributed by atoms with E-state index in [1.54, 1.807) is 19.1 Å². The van der Waals surface area contributed by atoms with Gasteiger partial charge >= 0.3 is 0 Å². The summed E-state index contributed by atoms with van der Waals surface area (Å²) in [6.07, 6.45) is 0.497. The lowest BCUT2D eigenvalue weighted by atomic mass is 9.76. The second-order valence-corrected chi connectivity index (χ2v) is 5.10. The highest BCUT2D eigenvalue weighted by Gasteiger charge is 2.38. The highest BCUT2D eigenvalue weighted by molar-refractivity contribution is 5.98. The summed E-state index contributed by atoms with van der Waals surface area (Å²) in [5.41, 5.74) is 0.302. The van der Waals surface area contributed by atoms with Gasteiger partial charge in [0, 0.05) is 5.56 Å². The van der Waals surface area contributed by atoms with Gasteiger partial charge in [-0.2, -0.15) is 0 Å². The average molecular weight is 268 g/mol. The van der Waals surface area contributed by atoms with Gasteiger partial charge in [0.1, 0.15) is 0 Å². The van der Waals surface area contributed by atoms with Crippen molar-refractivity contribution in [2.75, 3.05) is 0 Å². The van der Waals surface area contributed by atoms with Crippen molar-refractivity contribution in [1.29, 1.82) is 0 Å². The summed E-state index contributed by atoms with van der Waals surface area (Å²) in [5, 5.41) is 11.0. The summed E-state index contributed by atoms with van der Waals surface area (Å²) in [6.45, 7) is 3.70. The summed E-state index contributed by atoms with van der Waals surface area (Å²) >= 11 is 0. The van der Waals surface area contributed by atoms with Crippen LogP contribution in [0.2, 0.25) is 0 Å². The fourth-order valence-corrected chi connectivity index (χ4v) is 2.56. The van der Waals surface area contributed by atoms with E-state index in [1.165, 1.54) is 0 Å². The van der Waals surface area contributed by atoms with Crippen LogP contribution in [0.25, 0.3) is 0 Å². The van der Waals surface area contributed by atoms with Gasteiger partial charge in [-0.3, -0.25) is 4.79 Å². The molecule has 2 atom stereocenters. The molecule has 2 aromatic rings. The van der Waals surface area contributed by atoms with E-state index in [0.29, 0.717) is 12.0 Å². The summed E-state index contributed by atoms with van der Waals surface area (Å²) < 4.78 is 0. The Morgan fingerprint density at radius 3 is 2.05 bits per heavy atom. The van der Waals surface area contributed by atoms with Gasteiger partial charge in [0.25, 0.3) is 0 Å². The van der Waals surface area contributed by atoms with Gasteiger partial charge in [-0.05, 0) is 12.0 Å². The summed E-state index contributed by atoms with van der Waals surface area (Å²) in [4.78, 5) is 12.6. The van der Waals surface area contributed by atoms with Gasteiger partial charge in [-0.25, -0.2) is 0 Å². The summed E-state index contributed by atoms with van der Waals surface area (Å²) in [5.74, 6) is -0.517. The molecular formula is C18H20O2. The van der Waals surface area contributed by atoms with Gasteiger partial charge in [0.15, 0.2) is 5.78 Å². The Morgan fingerprint density at radius 1 is 1.05 bits per heavy atom. The van der Waals surface area contributed by atoms with E-state index in [2.05, 4.69) is 0 Å². The first kappa shape index (κ1) is 14.5. The first-order valence-corrected chi connectivity index (χ1v) is 6.96. The predicted octanol–water partition coefficient (Wildman–Crippen LogP) is 3.80. The van der Waals surface area contributed by atoms with Crippen molar-refractivity contribution in [3.63, 3.8) is 0 Å². The van der Waals surface area contributed by atoms with E-state index in [1.807, 2.05) is 55.5 Å². The first-order valence-electron chi connectivity index (χ1n) is 6.96. The maximum atomic E-state index is 12.6. The SMILES string of the molecule is CCC(O)(c1ccccc1)C(C)C(=O)c1ccccc1. The van der Waals surface area contributed by atoms with E-state index in [-0.39, 0.29) is 5.78 Å². The number of aliphatic hydroxyl groups is 1. The number of Topliss-reactive ketones (excluding diaryl/α,β-unsaturated/α-hetero) is 1. The molecule has 0 spiro atoms. The van der Waals surface area contributed by atoms with Crippen LogP contribution in [0.5, 0.6) is 0 Å². The Hall–Kier alpha value is -1.93. The molecule has 2 aromatic carbocycles. The van der Waals surface area contributed by atoms with Crippen molar-refractivity contribution >= 4 is 5.78 Å². The minimum absolute atomic E-state index is 0.0289. The summed E-state index contributed by atoms with van der Waals surface area (Å²) in [6, 6.07) is 18.6. The third-order valence-electron chi connectivity index (χ3n) is 3.98. The quantitative estimate of drug-likeness (QED) is 0.837. The largest absolute Gasteiger partial charge is 0.384 e. The molecule has 104 valence electrons. The second-order valence-electron chi connectivity index (χ2n) is 5.10. The topological polar surface area (TPSA) is 37.3 Å². The Bertz CT molecular complexity index is 562. The van der Waals surface area contributed by atoms with Gasteiger partial charge in [0.05, 0.1) is 11.5 Å². The third-order valence-corrected chi connectivity index (χ3v) is 3.98. The van der Waals surface area contributed by atoms with E-state index in [9.17, 15) is 9.90 Å². The number of rotatable bonds is 5. The van der Waals surface area contributed by atoms with E-state index in [0.717, 1.165) is 5.56 Å². The van der Waals surface area contributed by atoms with Crippen LogP contribution in [-0.2, 0) is 5.60 Å². The van der Waals surface area contributed by atoms with Crippen LogP contribution in [0.3, 0.4) is 0 Å². The Kier molecular flexibility index (Phi) is 4.35. The molecule has 0 saturated carbocycles. The Morgan fingerprint density at radius 2 is 1.55 bits per heavy atom. The van der Waals surface area contributed by atoms with Gasteiger partial charge in [-0.1, -0.05) is 74.5 Å². The van der Waals surface area contributed by atoms with Crippen LogP contribution in [0.1, 0.15) is 36.2 Å². The number of carbonyl (C=O) groups excluding carboxylic acids is 1. The monoisotopic (exact) mass is 268 g/mol. The number of hydrogen-bond acceptors (Lipinski definition) is 2. The lowest BCUT2D eigenvalue weighted by molar-refractivity contribution is -0.0127. The average Bonchev–Trinajstić information content (AvgIpc) is 2.54. The fourth-order valence-electron chi connectivity index (χ4n) is 2.56. The van der Waals surface area contributed by atoms with Crippen LogP contribution in [-0.4, -0.2) is 10.9 Å². The highest BCUT2D eigenvalue weighted by Crippen LogP contribution is 2.34. The normalized spacial score (nSPS) is 15.3. The standard InChI is InChI=1S/C18H20O2/c1-3-18(20,16-12-8-5-9-13-16)14(2)17(19)15-10-6-4-7-11-15/h4-14,20H,3H2,1-2H3. The maximum absolute atomic E-state index is 12.6. The molecule has 2 unspecified atom stereocenters. The van der Waals surface area contributed by atoms with Crippen molar-refractivity contribution in [3.8, 4) is 0 Å². The van der Waals surface area contributed by atoms with Crippen LogP contribution < -0.4 is 0 Å². The molecule has 0 bridgehead atoms. The molecule has 0 aliphatic carbocycles. The van der Waals surface area contributed by atoms with Crippen molar-refractivity contribution in [2.24, 2.45) is 5.92 Å². The molecule has 2 rings (SSSR count). The minimum atomic E-state index is -1.13. The van der Waals surface area contributed by atoms with Gasteiger partial charge in [0.2, 0.25) is 0 Å². The molecule has 0 aromatic heterocycles. The molecule has 0 amide bonds. The number of hydrogen-bond donors (Lipinski definition) is 1. The molecule has 1 N–H and O–H groups in total. The Balaban J connectivity index is 2.34. The molecule has 0 saturated heterocycles. The lowest BCUT2D eigenvalue weighted by Crippen LogP contribution is -2.37. The molecule has 20 heavy (non-hydrogen) atoms. The van der Waals surface area contributed by atoms with E-state index < -0.39 is 11.5 Å². The molecule has 2 nitrogen and oxygen atoms in total. The van der Waals surface area contributed by atoms with Crippen LogP contribution >= 0.6 is 0 Å². The maximum Gasteiger partial charge on any atom is 0.168 e. The van der Waals surface area contributed by atoms with E-state index >= 15 is 0 Å². The summed E-state index contributed by atoms with van der Waals surface area (Å²) in [7, 11) is 0. The van der Waals surface area contributed by atoms with Crippen molar-refractivity contribution in [2.45, 2.75) is 25.9 Å². The zero-order chi connectivity index (χ0) is 14.6. The molecular weight excluding hydrogens is 248 g/mol. The zero-order valence-corrected chi connectivity index (χ0v) is 11.9. The lowest BCUT2D eigenvalue weighted by Gasteiger charge is -2.33. The second kappa shape index (κ2) is 6.02. The number of carbonyl (C=O) groups is 1. The molecule has 2 heteroatoms. The zero-order valence-electron chi connectivity index (χ0n) is 11.9. The van der Waals surface area contributed by atoms with Crippen molar-refractivity contribution in [1.82, 2.24) is 0 Å².